The molecule has 0 N–H and O–H groups in total. The smallest absolute Gasteiger partial charge is 0.0241 e. The lowest BCUT2D eigenvalue weighted by Crippen LogP contribution is -2.38. The van der Waals surface area contributed by atoms with Gasteiger partial charge in [0, 0.05) is 0 Å². The average molecular weight is 687 g/mol. The summed E-state index contributed by atoms with van der Waals surface area (Å²) in [6.45, 7) is 9.38. The molecule has 0 aromatic heterocycles. The van der Waals surface area contributed by atoms with Gasteiger partial charge in [-0.25, -0.2) is 0 Å². The van der Waals surface area contributed by atoms with Gasteiger partial charge in [0.15, 0.2) is 0 Å². The molecule has 0 amide bonds. The van der Waals surface area contributed by atoms with Crippen molar-refractivity contribution in [3.05, 3.63) is 0 Å². The monoisotopic (exact) mass is 687 g/mol. The second-order valence-corrected chi connectivity index (χ2v) is 17.7. The first-order valence-electron chi connectivity index (χ1n) is 24.2. The van der Waals surface area contributed by atoms with E-state index in [1.807, 2.05) is 0 Å². The maximum atomic E-state index is 2.35. The molecule has 0 aromatic carbocycles. The summed E-state index contributed by atoms with van der Waals surface area (Å²) >= 11 is 0. The Bertz CT molecular complexity index is 534. The Balaban J connectivity index is 2.80. The molecule has 1 rings (SSSR count). The zero-order valence-electron chi connectivity index (χ0n) is 35.4. The van der Waals surface area contributed by atoms with Crippen LogP contribution < -0.4 is 0 Å². The Morgan fingerprint density at radius 1 is 0.224 bits per heavy atom. The van der Waals surface area contributed by atoms with Crippen molar-refractivity contribution in [2.24, 2.45) is 10.8 Å². The number of unbranched alkanes of at least 4 members (excludes halogenated alkanes) is 32. The van der Waals surface area contributed by atoms with E-state index in [0.717, 1.165) is 0 Å². The van der Waals surface area contributed by atoms with E-state index in [-0.39, 0.29) is 0 Å². The molecule has 0 radical (unpaired) electrons. The molecule has 0 heterocycles. The first kappa shape index (κ1) is 47.0. The molecule has 49 heavy (non-hydrogen) atoms. The molecular formula is C49H98. The predicted molar refractivity (Wildman–Crippen MR) is 226 cm³/mol. The second-order valence-electron chi connectivity index (χ2n) is 17.7. The minimum Gasteiger partial charge on any atom is -0.0654 e. The maximum absolute atomic E-state index is 2.35. The lowest BCUT2D eigenvalue weighted by molar-refractivity contribution is 0.0208. The summed E-state index contributed by atoms with van der Waals surface area (Å²) in [5.74, 6) is 0. The Hall–Kier alpha value is 0. The molecule has 0 nitrogen and oxygen atoms in total. The first-order valence-corrected chi connectivity index (χ1v) is 24.2. The van der Waals surface area contributed by atoms with Crippen LogP contribution in [0.3, 0.4) is 0 Å². The van der Waals surface area contributed by atoms with Crippen molar-refractivity contribution in [2.45, 2.75) is 304 Å². The third kappa shape index (κ3) is 24.0. The van der Waals surface area contributed by atoms with Crippen LogP contribution >= 0.6 is 0 Å². The largest absolute Gasteiger partial charge is 0.0654 e. The molecule has 294 valence electrons. The Kier molecular flexibility index (Phi) is 33.6. The number of hydrogen-bond acceptors (Lipinski definition) is 0. The fraction of sp³-hybridized carbons (Fsp3) is 1.00. The van der Waals surface area contributed by atoms with Gasteiger partial charge in [-0.15, -0.1) is 0 Å². The van der Waals surface area contributed by atoms with Gasteiger partial charge in [-0.1, -0.05) is 265 Å². The molecule has 0 heteroatoms. The van der Waals surface area contributed by atoms with Gasteiger partial charge in [0.05, 0.1) is 0 Å². The van der Waals surface area contributed by atoms with Gasteiger partial charge in [-0.05, 0) is 49.4 Å². The van der Waals surface area contributed by atoms with Gasteiger partial charge in [0.25, 0.3) is 0 Å². The van der Waals surface area contributed by atoms with Crippen molar-refractivity contribution in [3.63, 3.8) is 0 Å². The average Bonchev–Trinajstić information content (AvgIpc) is 3.46. The zero-order valence-corrected chi connectivity index (χ0v) is 35.4. The molecule has 0 unspecified atom stereocenters. The van der Waals surface area contributed by atoms with E-state index in [1.165, 1.54) is 231 Å². The molecule has 1 fully saturated rings. The molecule has 0 spiro atoms. The quantitative estimate of drug-likeness (QED) is 0.0563. The van der Waals surface area contributed by atoms with Crippen LogP contribution in [-0.2, 0) is 0 Å². The summed E-state index contributed by atoms with van der Waals surface area (Å²) in [5.41, 5.74) is 1.35. The minimum absolute atomic E-state index is 0.676. The third-order valence-corrected chi connectivity index (χ3v) is 13.5. The molecule has 1 saturated carbocycles. The molecule has 0 aliphatic heterocycles. The van der Waals surface area contributed by atoms with Crippen LogP contribution in [0.4, 0.5) is 0 Å². The molecule has 1 aliphatic carbocycles. The standard InChI is InChI=1S/C49H98/c1-5-9-13-17-21-25-29-33-37-42-48(43-38-34-30-26-22-18-14-10-6-2)46-41-47-49(48,44-39-35-31-27-23-19-15-11-7-3)45-40-36-32-28-24-20-16-12-8-4/h5-47H2,1-4H3. The fourth-order valence-electron chi connectivity index (χ4n) is 10.2. The lowest BCUT2D eigenvalue weighted by Gasteiger charge is -2.48. The van der Waals surface area contributed by atoms with E-state index < -0.39 is 0 Å². The van der Waals surface area contributed by atoms with Crippen LogP contribution in [0.5, 0.6) is 0 Å². The van der Waals surface area contributed by atoms with Crippen molar-refractivity contribution in [1.82, 2.24) is 0 Å². The van der Waals surface area contributed by atoms with Crippen molar-refractivity contribution < 1.29 is 0 Å². The Morgan fingerprint density at radius 3 is 0.571 bits per heavy atom. The summed E-state index contributed by atoms with van der Waals surface area (Å²) in [6.07, 6.45) is 64.3. The molecule has 0 atom stereocenters. The highest BCUT2D eigenvalue weighted by atomic mass is 14.6. The van der Waals surface area contributed by atoms with Gasteiger partial charge in [0.2, 0.25) is 0 Å². The minimum atomic E-state index is 0.676. The van der Waals surface area contributed by atoms with Crippen LogP contribution in [0.15, 0.2) is 0 Å². The van der Waals surface area contributed by atoms with Gasteiger partial charge in [-0.2, -0.15) is 0 Å². The molecular weight excluding hydrogens is 589 g/mol. The highest BCUT2D eigenvalue weighted by Gasteiger charge is 2.52. The Morgan fingerprint density at radius 2 is 0.388 bits per heavy atom. The van der Waals surface area contributed by atoms with Crippen LogP contribution in [0.25, 0.3) is 0 Å². The predicted octanol–water partition coefficient (Wildman–Crippen LogP) is 18.8. The summed E-state index contributed by atoms with van der Waals surface area (Å²) in [4.78, 5) is 0. The fourth-order valence-corrected chi connectivity index (χ4v) is 10.2. The van der Waals surface area contributed by atoms with E-state index in [4.69, 9.17) is 0 Å². The van der Waals surface area contributed by atoms with Crippen LogP contribution in [-0.4, -0.2) is 0 Å². The third-order valence-electron chi connectivity index (χ3n) is 13.5. The van der Waals surface area contributed by atoms with Crippen LogP contribution in [0.1, 0.15) is 304 Å². The van der Waals surface area contributed by atoms with E-state index >= 15 is 0 Å². The van der Waals surface area contributed by atoms with Crippen molar-refractivity contribution in [1.29, 1.82) is 0 Å². The summed E-state index contributed by atoms with van der Waals surface area (Å²) < 4.78 is 0. The van der Waals surface area contributed by atoms with E-state index in [9.17, 15) is 0 Å². The summed E-state index contributed by atoms with van der Waals surface area (Å²) in [7, 11) is 0. The normalized spacial score (nSPS) is 15.4. The van der Waals surface area contributed by atoms with E-state index in [1.54, 1.807) is 44.9 Å². The topological polar surface area (TPSA) is 0 Å². The van der Waals surface area contributed by atoms with Crippen LogP contribution in [0, 0.1) is 10.8 Å². The maximum Gasteiger partial charge on any atom is -0.0241 e. The van der Waals surface area contributed by atoms with Gasteiger partial charge < -0.3 is 0 Å². The van der Waals surface area contributed by atoms with Crippen LogP contribution in [0.2, 0.25) is 0 Å². The summed E-state index contributed by atoms with van der Waals surface area (Å²) in [6, 6.07) is 0. The van der Waals surface area contributed by atoms with Crippen molar-refractivity contribution in [2.75, 3.05) is 0 Å². The van der Waals surface area contributed by atoms with Crippen molar-refractivity contribution in [3.8, 4) is 0 Å². The highest BCUT2D eigenvalue weighted by Crippen LogP contribution is 2.63. The van der Waals surface area contributed by atoms with E-state index in [0.29, 0.717) is 10.8 Å². The van der Waals surface area contributed by atoms with Gasteiger partial charge in [0.1, 0.15) is 0 Å². The SMILES string of the molecule is CCCCCCCCCCCC1(CCCCCCCCCCC)CCCC1(CCCCCCCCCCC)CCCCCCCCCCC. The van der Waals surface area contributed by atoms with Gasteiger partial charge >= 0.3 is 0 Å². The molecule has 1 aliphatic rings. The van der Waals surface area contributed by atoms with E-state index in [2.05, 4.69) is 27.7 Å². The summed E-state index contributed by atoms with van der Waals surface area (Å²) in [5, 5.41) is 0. The molecule has 0 aromatic rings. The Labute approximate surface area is 313 Å². The zero-order chi connectivity index (χ0) is 35.4. The van der Waals surface area contributed by atoms with Crippen molar-refractivity contribution >= 4 is 0 Å². The number of hydrogen-bond donors (Lipinski definition) is 0. The highest BCUT2D eigenvalue weighted by molar-refractivity contribution is 5.02. The first-order chi connectivity index (χ1) is 24.2. The number of rotatable bonds is 40. The second kappa shape index (κ2) is 35.1. The molecule has 0 saturated heterocycles. The lowest BCUT2D eigenvalue weighted by atomic mass is 9.57. The van der Waals surface area contributed by atoms with Gasteiger partial charge in [-0.3, -0.25) is 0 Å². The molecule has 0 bridgehead atoms.